The van der Waals surface area contributed by atoms with Crippen molar-refractivity contribution >= 4 is 53.2 Å². The van der Waals surface area contributed by atoms with Crippen LogP contribution in [0.1, 0.15) is 32.3 Å². The molecule has 2 rings (SSSR count). The molecule has 3 amide bonds. The molecule has 0 bridgehead atoms. The molecule has 0 saturated carbocycles. The summed E-state index contributed by atoms with van der Waals surface area (Å²) in [7, 11) is 0. The maximum atomic E-state index is 13.0. The number of hydrogen-bond acceptors (Lipinski definition) is 7. The van der Waals surface area contributed by atoms with Crippen LogP contribution in [0.4, 0.5) is 0 Å². The van der Waals surface area contributed by atoms with Gasteiger partial charge in [-0.15, -0.1) is 0 Å². The average Bonchev–Trinajstić information content (AvgIpc) is 3.23. The molecular formula is C24H33N5O7S. The lowest BCUT2D eigenvalue weighted by molar-refractivity contribution is -0.143. The fourth-order valence-corrected chi connectivity index (χ4v) is 3.97. The third-order valence-electron chi connectivity index (χ3n) is 5.60. The number of carboxylic acids is 2. The fraction of sp³-hybridized carbons (Fsp3) is 0.458. The Balaban J connectivity index is 2.12. The van der Waals surface area contributed by atoms with E-state index in [2.05, 4.69) is 33.6 Å². The van der Waals surface area contributed by atoms with Crippen molar-refractivity contribution in [1.82, 2.24) is 20.9 Å². The fourth-order valence-electron chi connectivity index (χ4n) is 3.73. The van der Waals surface area contributed by atoms with Crippen molar-refractivity contribution in [3.05, 3.63) is 36.0 Å². The van der Waals surface area contributed by atoms with Crippen LogP contribution in [0.3, 0.4) is 0 Å². The summed E-state index contributed by atoms with van der Waals surface area (Å²) in [4.78, 5) is 64.2. The maximum absolute atomic E-state index is 13.0. The molecule has 0 saturated heterocycles. The number of aromatic amines is 1. The molecule has 0 aliphatic carbocycles. The number of hydrogen-bond donors (Lipinski definition) is 8. The van der Waals surface area contributed by atoms with E-state index in [1.807, 2.05) is 24.3 Å². The Bertz CT molecular complexity index is 1140. The second-order valence-corrected chi connectivity index (χ2v) is 9.47. The van der Waals surface area contributed by atoms with Crippen molar-refractivity contribution in [3.8, 4) is 0 Å². The van der Waals surface area contributed by atoms with Crippen molar-refractivity contribution < 1.29 is 34.2 Å². The maximum Gasteiger partial charge on any atom is 0.327 e. The first-order valence-electron chi connectivity index (χ1n) is 11.7. The Labute approximate surface area is 219 Å². The van der Waals surface area contributed by atoms with E-state index in [1.54, 1.807) is 20.0 Å². The predicted molar refractivity (Wildman–Crippen MR) is 139 cm³/mol. The lowest BCUT2D eigenvalue weighted by atomic mass is 10.0. The molecule has 4 unspecified atom stereocenters. The van der Waals surface area contributed by atoms with E-state index in [0.29, 0.717) is 0 Å². The molecule has 0 spiro atoms. The molecule has 12 nitrogen and oxygen atoms in total. The second-order valence-electron chi connectivity index (χ2n) is 9.10. The number of para-hydroxylation sites is 1. The van der Waals surface area contributed by atoms with Crippen molar-refractivity contribution in [2.24, 2.45) is 11.7 Å². The van der Waals surface area contributed by atoms with E-state index in [1.165, 1.54) is 0 Å². The second kappa shape index (κ2) is 13.7. The van der Waals surface area contributed by atoms with Gasteiger partial charge in [0.1, 0.15) is 18.1 Å². The van der Waals surface area contributed by atoms with Gasteiger partial charge < -0.3 is 36.9 Å². The zero-order valence-electron chi connectivity index (χ0n) is 20.6. The van der Waals surface area contributed by atoms with Gasteiger partial charge >= 0.3 is 11.9 Å². The normalized spacial score (nSPS) is 14.4. The van der Waals surface area contributed by atoms with Crippen molar-refractivity contribution in [2.75, 3.05) is 5.75 Å². The number of carbonyl (C=O) groups excluding carboxylic acids is 3. The van der Waals surface area contributed by atoms with Gasteiger partial charge in [0.15, 0.2) is 0 Å². The first kappa shape index (κ1) is 29.6. The lowest BCUT2D eigenvalue weighted by Gasteiger charge is -2.25. The number of nitrogens with two attached hydrogens (primary N) is 1. The Morgan fingerprint density at radius 1 is 0.946 bits per heavy atom. The SMILES string of the molecule is CC(C)CC(NC(=O)C(CC(=O)O)NC(=O)C(N)Cc1c[nH]c2ccccc12)C(=O)NC(CS)C(=O)O. The number of amides is 3. The number of aliphatic carboxylic acids is 2. The molecule has 0 aliphatic rings. The van der Waals surface area contributed by atoms with Gasteiger partial charge in [0.25, 0.3) is 0 Å². The summed E-state index contributed by atoms with van der Waals surface area (Å²) in [5, 5.41) is 26.5. The molecule has 13 heteroatoms. The highest BCUT2D eigenvalue weighted by Crippen LogP contribution is 2.19. The van der Waals surface area contributed by atoms with Gasteiger partial charge in [-0.05, 0) is 30.4 Å². The lowest BCUT2D eigenvalue weighted by Crippen LogP contribution is -2.58. The molecular weight excluding hydrogens is 502 g/mol. The van der Waals surface area contributed by atoms with E-state index in [-0.39, 0.29) is 24.5 Å². The quantitative estimate of drug-likeness (QED) is 0.155. The van der Waals surface area contributed by atoms with E-state index >= 15 is 0 Å². The summed E-state index contributed by atoms with van der Waals surface area (Å²) in [6.45, 7) is 3.58. The molecule has 4 atom stereocenters. The van der Waals surface area contributed by atoms with Gasteiger partial charge in [-0.1, -0.05) is 32.0 Å². The van der Waals surface area contributed by atoms with Crippen molar-refractivity contribution in [3.63, 3.8) is 0 Å². The van der Waals surface area contributed by atoms with Crippen LogP contribution in [0.15, 0.2) is 30.5 Å². The van der Waals surface area contributed by atoms with E-state index < -0.39 is 60.2 Å². The molecule has 8 N–H and O–H groups in total. The third kappa shape index (κ3) is 8.79. The van der Waals surface area contributed by atoms with Crippen LogP contribution in [-0.4, -0.2) is 74.8 Å². The standard InChI is InChI=1S/C24H33N5O7S/c1-12(2)7-17(22(33)29-19(11-37)24(35)36)28-23(34)18(9-20(30)31)27-21(32)15(25)8-13-10-26-16-6-4-3-5-14(13)16/h3-6,10,12,15,17-19,26,37H,7-9,11,25H2,1-2H3,(H,27,32)(H,28,34)(H,29,33)(H,30,31)(H,35,36). The van der Waals surface area contributed by atoms with Crippen molar-refractivity contribution in [1.29, 1.82) is 0 Å². The van der Waals surface area contributed by atoms with Gasteiger partial charge in [0.05, 0.1) is 12.5 Å². The molecule has 37 heavy (non-hydrogen) atoms. The average molecular weight is 536 g/mol. The molecule has 1 aromatic heterocycles. The molecule has 0 fully saturated rings. The predicted octanol–water partition coefficient (Wildman–Crippen LogP) is 0.0273. The van der Waals surface area contributed by atoms with Gasteiger partial charge in [-0.25, -0.2) is 4.79 Å². The number of nitrogens with one attached hydrogen (secondary N) is 4. The highest BCUT2D eigenvalue weighted by molar-refractivity contribution is 7.80. The number of fused-ring (bicyclic) bond motifs is 1. The molecule has 1 heterocycles. The largest absolute Gasteiger partial charge is 0.481 e. The summed E-state index contributed by atoms with van der Waals surface area (Å²) in [6.07, 6.45) is 1.26. The summed E-state index contributed by atoms with van der Waals surface area (Å²) >= 11 is 3.91. The summed E-state index contributed by atoms with van der Waals surface area (Å²) < 4.78 is 0. The van der Waals surface area contributed by atoms with E-state index in [4.69, 9.17) is 5.73 Å². The minimum Gasteiger partial charge on any atom is -0.481 e. The monoisotopic (exact) mass is 535 g/mol. The molecule has 1 aromatic carbocycles. The van der Waals surface area contributed by atoms with Gasteiger partial charge in [-0.3, -0.25) is 19.2 Å². The number of rotatable bonds is 14. The zero-order chi connectivity index (χ0) is 27.7. The van der Waals surface area contributed by atoms with Crippen LogP contribution in [0, 0.1) is 5.92 Å². The van der Waals surface area contributed by atoms with Crippen LogP contribution in [0.25, 0.3) is 10.9 Å². The van der Waals surface area contributed by atoms with Crippen molar-refractivity contribution in [2.45, 2.75) is 57.3 Å². The van der Waals surface area contributed by atoms with Crippen LogP contribution in [0.2, 0.25) is 0 Å². The number of aromatic nitrogens is 1. The Kier molecular flexibility index (Phi) is 10.9. The topological polar surface area (TPSA) is 204 Å². The minimum absolute atomic E-state index is 0.0764. The number of carboxylic acid groups (broad SMARTS) is 2. The zero-order valence-corrected chi connectivity index (χ0v) is 21.5. The summed E-state index contributed by atoms with van der Waals surface area (Å²) in [6, 6.07) is 2.41. The van der Waals surface area contributed by atoms with Crippen LogP contribution < -0.4 is 21.7 Å². The highest BCUT2D eigenvalue weighted by atomic mass is 32.1. The Morgan fingerprint density at radius 3 is 2.14 bits per heavy atom. The number of thiol groups is 1. The number of carbonyl (C=O) groups is 5. The van der Waals surface area contributed by atoms with Gasteiger partial charge in [0.2, 0.25) is 17.7 Å². The van der Waals surface area contributed by atoms with Gasteiger partial charge in [0, 0.05) is 22.9 Å². The third-order valence-corrected chi connectivity index (χ3v) is 5.97. The van der Waals surface area contributed by atoms with Crippen LogP contribution >= 0.6 is 12.6 Å². The first-order valence-corrected chi connectivity index (χ1v) is 12.3. The van der Waals surface area contributed by atoms with E-state index in [0.717, 1.165) is 16.5 Å². The first-order chi connectivity index (χ1) is 17.4. The number of benzene rings is 1. The number of H-pyrrole nitrogens is 1. The van der Waals surface area contributed by atoms with Gasteiger partial charge in [-0.2, -0.15) is 12.6 Å². The van der Waals surface area contributed by atoms with Crippen LogP contribution in [-0.2, 0) is 30.4 Å². The Hall–Kier alpha value is -3.58. The molecule has 0 radical (unpaired) electrons. The molecule has 202 valence electrons. The smallest absolute Gasteiger partial charge is 0.327 e. The summed E-state index contributed by atoms with van der Waals surface area (Å²) in [5.74, 6) is -5.30. The van der Waals surface area contributed by atoms with Crippen LogP contribution in [0.5, 0.6) is 0 Å². The van der Waals surface area contributed by atoms with E-state index in [9.17, 15) is 34.2 Å². The Morgan fingerprint density at radius 2 is 1.54 bits per heavy atom. The highest BCUT2D eigenvalue weighted by Gasteiger charge is 2.31. The minimum atomic E-state index is -1.51. The summed E-state index contributed by atoms with van der Waals surface area (Å²) in [5.41, 5.74) is 7.71. The molecule has 2 aromatic rings. The molecule has 0 aliphatic heterocycles.